The number of carbonyl (C=O) groups is 2. The van der Waals surface area contributed by atoms with Gasteiger partial charge in [0, 0.05) is 29.9 Å². The van der Waals surface area contributed by atoms with E-state index in [0.717, 1.165) is 7.11 Å². The van der Waals surface area contributed by atoms with Crippen LogP contribution in [0.3, 0.4) is 0 Å². The van der Waals surface area contributed by atoms with Gasteiger partial charge in [-0.2, -0.15) is 10.5 Å². The molecule has 2 aromatic rings. The number of dihydropyridines is 1. The van der Waals surface area contributed by atoms with E-state index in [0.29, 0.717) is 30.7 Å². The maximum Gasteiger partial charge on any atom is 0.337 e. The van der Waals surface area contributed by atoms with Crippen molar-refractivity contribution in [3.05, 3.63) is 86.2 Å². The Labute approximate surface area is 272 Å². The number of hydrogen-bond acceptors (Lipinski definition) is 13. The molecule has 1 heterocycles. The standard InChI is InChI=1S/C33H37N5O9/c1-20(2)47-33(41)29-21(3)37-26(17-35)31(32(40)44-4)30(29)25-15-23(38(42)43)11-12-28(25)45-14-8-7-13-36-18-24(39)19-46-27-10-6-5-9-22(27)16-34/h5-6,9-12,15,20,24,30,36-37,39H,7-8,13-14,18-19H2,1-4H3. The van der Waals surface area contributed by atoms with Crippen LogP contribution < -0.4 is 20.1 Å². The Morgan fingerprint density at radius 3 is 2.47 bits per heavy atom. The van der Waals surface area contributed by atoms with Gasteiger partial charge in [-0.3, -0.25) is 10.1 Å². The number of nitro groups is 1. The second-order valence-electron chi connectivity index (χ2n) is 10.8. The summed E-state index contributed by atoms with van der Waals surface area (Å²) in [6.45, 7) is 5.80. The molecule has 2 unspecified atom stereocenters. The number of hydrogen-bond donors (Lipinski definition) is 3. The number of allylic oxidation sites excluding steroid dienone is 2. The number of aliphatic hydroxyl groups excluding tert-OH is 1. The number of nitro benzene ring substituents is 1. The van der Waals surface area contributed by atoms with E-state index in [9.17, 15) is 30.1 Å². The number of methoxy groups -OCH3 is 1. The predicted molar refractivity (Wildman–Crippen MR) is 168 cm³/mol. The van der Waals surface area contributed by atoms with Crippen LogP contribution in [0, 0.1) is 32.8 Å². The first-order chi connectivity index (χ1) is 22.5. The fourth-order valence-electron chi connectivity index (χ4n) is 4.84. The van der Waals surface area contributed by atoms with Gasteiger partial charge < -0.3 is 34.7 Å². The van der Waals surface area contributed by atoms with Crippen molar-refractivity contribution in [3.8, 4) is 23.6 Å². The van der Waals surface area contributed by atoms with E-state index in [2.05, 4.69) is 10.6 Å². The van der Waals surface area contributed by atoms with Crippen LogP contribution in [-0.2, 0) is 19.1 Å². The van der Waals surface area contributed by atoms with Crippen molar-refractivity contribution in [3.63, 3.8) is 0 Å². The molecule has 0 spiro atoms. The van der Waals surface area contributed by atoms with E-state index in [4.69, 9.17) is 24.2 Å². The van der Waals surface area contributed by atoms with E-state index in [1.54, 1.807) is 38.1 Å². The number of unbranched alkanes of at least 4 members (excludes halogenated alkanes) is 1. The Hall–Kier alpha value is -5.44. The summed E-state index contributed by atoms with van der Waals surface area (Å²) in [5.74, 6) is -2.40. The third kappa shape index (κ3) is 9.53. The molecule has 2 atom stereocenters. The van der Waals surface area contributed by atoms with E-state index >= 15 is 0 Å². The van der Waals surface area contributed by atoms with E-state index in [1.165, 1.54) is 25.1 Å². The second-order valence-corrected chi connectivity index (χ2v) is 10.8. The molecule has 0 bridgehead atoms. The zero-order valence-electron chi connectivity index (χ0n) is 26.6. The first-order valence-electron chi connectivity index (χ1n) is 14.8. The van der Waals surface area contributed by atoms with Crippen molar-refractivity contribution < 1.29 is 38.6 Å². The van der Waals surface area contributed by atoms with Gasteiger partial charge in [-0.25, -0.2) is 9.59 Å². The molecule has 0 saturated heterocycles. The molecule has 3 N–H and O–H groups in total. The summed E-state index contributed by atoms with van der Waals surface area (Å²) in [5, 5.41) is 46.9. The summed E-state index contributed by atoms with van der Waals surface area (Å²) in [7, 11) is 1.12. The number of nitrogens with one attached hydrogen (secondary N) is 2. The van der Waals surface area contributed by atoms with Crippen LogP contribution in [0.4, 0.5) is 5.69 Å². The van der Waals surface area contributed by atoms with Crippen molar-refractivity contribution in [1.29, 1.82) is 10.5 Å². The number of nitriles is 2. The van der Waals surface area contributed by atoms with Crippen LogP contribution in [0.1, 0.15) is 50.7 Å². The summed E-state index contributed by atoms with van der Waals surface area (Å²) in [6, 6.07) is 14.5. The van der Waals surface area contributed by atoms with Gasteiger partial charge in [0.25, 0.3) is 5.69 Å². The molecule has 0 aliphatic carbocycles. The van der Waals surface area contributed by atoms with Gasteiger partial charge in [0.1, 0.15) is 42.0 Å². The molecular formula is C33H37N5O9. The van der Waals surface area contributed by atoms with Gasteiger partial charge >= 0.3 is 11.9 Å². The van der Waals surface area contributed by atoms with E-state index in [-0.39, 0.29) is 59.3 Å². The van der Waals surface area contributed by atoms with Crippen molar-refractivity contribution in [2.75, 3.05) is 33.4 Å². The normalized spacial score (nSPS) is 14.9. The number of para-hydroxylation sites is 1. The fraction of sp³-hybridized carbons (Fsp3) is 0.394. The average molecular weight is 648 g/mol. The number of carbonyl (C=O) groups excluding carboxylic acids is 2. The van der Waals surface area contributed by atoms with Crippen LogP contribution in [0.25, 0.3) is 0 Å². The second kappa shape index (κ2) is 17.3. The summed E-state index contributed by atoms with van der Waals surface area (Å²) >= 11 is 0. The maximum atomic E-state index is 13.3. The molecule has 1 aliphatic rings. The Morgan fingerprint density at radius 2 is 1.81 bits per heavy atom. The van der Waals surface area contributed by atoms with Crippen LogP contribution in [0.15, 0.2) is 65.0 Å². The molecule has 248 valence electrons. The number of aliphatic hydroxyl groups is 1. The van der Waals surface area contributed by atoms with Crippen molar-refractivity contribution >= 4 is 17.6 Å². The highest BCUT2D eigenvalue weighted by Crippen LogP contribution is 2.44. The zero-order valence-corrected chi connectivity index (χ0v) is 26.6. The number of non-ortho nitro benzene ring substituents is 1. The number of rotatable bonds is 16. The van der Waals surface area contributed by atoms with Gasteiger partial charge in [-0.15, -0.1) is 0 Å². The maximum absolute atomic E-state index is 13.3. The highest BCUT2D eigenvalue weighted by atomic mass is 16.6. The Kier molecular flexibility index (Phi) is 13.3. The number of nitrogens with zero attached hydrogens (tertiary/aromatic N) is 3. The molecule has 0 aromatic heterocycles. The number of ether oxygens (including phenoxy) is 4. The summed E-state index contributed by atoms with van der Waals surface area (Å²) in [6.07, 6.45) is -0.154. The zero-order chi connectivity index (χ0) is 34.5. The Bertz CT molecular complexity index is 1620. The molecule has 0 fully saturated rings. The van der Waals surface area contributed by atoms with E-state index < -0.39 is 35.0 Å². The highest BCUT2D eigenvalue weighted by Gasteiger charge is 2.41. The summed E-state index contributed by atoms with van der Waals surface area (Å²) < 4.78 is 22.0. The summed E-state index contributed by atoms with van der Waals surface area (Å²) in [5.41, 5.74) is -0.00407. The molecule has 1 aliphatic heterocycles. The highest BCUT2D eigenvalue weighted by molar-refractivity contribution is 6.00. The lowest BCUT2D eigenvalue weighted by Gasteiger charge is -2.30. The Morgan fingerprint density at radius 1 is 1.06 bits per heavy atom. The molecular weight excluding hydrogens is 610 g/mol. The average Bonchev–Trinajstić information content (AvgIpc) is 3.05. The lowest BCUT2D eigenvalue weighted by molar-refractivity contribution is -0.384. The first kappa shape index (κ1) is 36.0. The molecule has 0 amide bonds. The first-order valence-corrected chi connectivity index (χ1v) is 14.8. The molecule has 0 radical (unpaired) electrons. The Balaban J connectivity index is 1.73. The van der Waals surface area contributed by atoms with Crippen molar-refractivity contribution in [2.24, 2.45) is 0 Å². The minimum absolute atomic E-state index is 0.00452. The molecule has 14 heteroatoms. The van der Waals surface area contributed by atoms with Gasteiger partial charge in [0.05, 0.1) is 47.4 Å². The quantitative estimate of drug-likeness (QED) is 0.103. The van der Waals surface area contributed by atoms with Gasteiger partial charge in [-0.1, -0.05) is 12.1 Å². The van der Waals surface area contributed by atoms with Gasteiger partial charge in [0.2, 0.25) is 0 Å². The molecule has 47 heavy (non-hydrogen) atoms. The van der Waals surface area contributed by atoms with Gasteiger partial charge in [0.15, 0.2) is 0 Å². The number of benzene rings is 2. The third-order valence-electron chi connectivity index (χ3n) is 6.98. The lowest BCUT2D eigenvalue weighted by Crippen LogP contribution is -2.33. The third-order valence-corrected chi connectivity index (χ3v) is 6.98. The molecule has 3 rings (SSSR count). The predicted octanol–water partition coefficient (Wildman–Crippen LogP) is 3.52. The fourth-order valence-corrected chi connectivity index (χ4v) is 4.84. The minimum Gasteiger partial charge on any atom is -0.493 e. The molecule has 0 saturated carbocycles. The SMILES string of the molecule is COC(=O)C1=C(C#N)NC(C)=C(C(=O)OC(C)C)C1c1cc([N+](=O)[O-])ccc1OCCCCNCC(O)COc1ccccc1C#N. The largest absolute Gasteiger partial charge is 0.493 e. The smallest absolute Gasteiger partial charge is 0.337 e. The van der Waals surface area contributed by atoms with Crippen LogP contribution in [0.5, 0.6) is 11.5 Å². The molecule has 2 aromatic carbocycles. The van der Waals surface area contributed by atoms with E-state index in [1.807, 2.05) is 12.1 Å². The van der Waals surface area contributed by atoms with Gasteiger partial charge in [-0.05, 0) is 58.4 Å². The number of esters is 2. The molecule has 14 nitrogen and oxygen atoms in total. The van der Waals surface area contributed by atoms with Crippen molar-refractivity contribution in [1.82, 2.24) is 10.6 Å². The van der Waals surface area contributed by atoms with Crippen LogP contribution in [-0.4, -0.2) is 67.6 Å². The summed E-state index contributed by atoms with van der Waals surface area (Å²) in [4.78, 5) is 37.5. The van der Waals surface area contributed by atoms with Crippen molar-refractivity contribution in [2.45, 2.75) is 51.7 Å². The minimum atomic E-state index is -1.27. The monoisotopic (exact) mass is 647 g/mol. The van der Waals surface area contributed by atoms with Crippen LogP contribution >= 0.6 is 0 Å². The van der Waals surface area contributed by atoms with Crippen LogP contribution in [0.2, 0.25) is 0 Å². The topological polar surface area (TPSA) is 206 Å². The lowest BCUT2D eigenvalue weighted by atomic mass is 9.79.